The molecule has 0 aliphatic carbocycles. The quantitative estimate of drug-likeness (QED) is 0.248. The minimum Gasteiger partial charge on any atom is -0.493 e. The molecule has 8 nitrogen and oxygen atoms in total. The fourth-order valence-corrected chi connectivity index (χ4v) is 4.65. The van der Waals surface area contributed by atoms with Crippen LogP contribution in [0.1, 0.15) is 16.8 Å². The maximum absolute atomic E-state index is 13.5. The molecule has 0 aliphatic heterocycles. The molecule has 0 atom stereocenters. The molecule has 0 bridgehead atoms. The Bertz CT molecular complexity index is 1500. The van der Waals surface area contributed by atoms with E-state index in [2.05, 4.69) is 0 Å². The molecule has 4 aromatic rings. The van der Waals surface area contributed by atoms with Crippen molar-refractivity contribution in [2.75, 3.05) is 42.7 Å². The second-order valence-electron chi connectivity index (χ2n) is 8.68. The van der Waals surface area contributed by atoms with Gasteiger partial charge in [0.2, 0.25) is 0 Å². The van der Waals surface area contributed by atoms with Gasteiger partial charge in [-0.2, -0.15) is 0 Å². The molecule has 3 aromatic carbocycles. The van der Waals surface area contributed by atoms with Gasteiger partial charge in [-0.05, 0) is 59.3 Å². The van der Waals surface area contributed by atoms with Gasteiger partial charge in [0.1, 0.15) is 0 Å². The van der Waals surface area contributed by atoms with Crippen LogP contribution in [0.4, 0.5) is 0 Å². The first kappa shape index (κ1) is 29.5. The summed E-state index contributed by atoms with van der Waals surface area (Å²) in [4.78, 5) is 13.5. The van der Waals surface area contributed by atoms with Crippen molar-refractivity contribution in [1.29, 1.82) is 0 Å². The molecule has 0 spiro atoms. The van der Waals surface area contributed by atoms with Gasteiger partial charge in [-0.3, -0.25) is 4.79 Å². The van der Waals surface area contributed by atoms with Crippen LogP contribution in [0.2, 0.25) is 0 Å². The molecule has 0 fully saturated rings. The van der Waals surface area contributed by atoms with Gasteiger partial charge < -0.3 is 33.0 Å². The molecule has 4 rings (SSSR count). The summed E-state index contributed by atoms with van der Waals surface area (Å²) in [5.74, 6) is 3.75. The van der Waals surface area contributed by atoms with Crippen molar-refractivity contribution in [2.45, 2.75) is 19.4 Å². The number of aryl methyl sites for hydroxylation is 1. The topological polar surface area (TPSA) is 77.4 Å². The van der Waals surface area contributed by atoms with E-state index in [0.29, 0.717) is 53.9 Å². The van der Waals surface area contributed by atoms with Crippen LogP contribution in [0, 0.1) is 0 Å². The number of rotatable bonds is 11. The van der Waals surface area contributed by atoms with Crippen LogP contribution in [-0.2, 0) is 19.4 Å². The Morgan fingerprint density at radius 3 is 1.64 bits per heavy atom. The van der Waals surface area contributed by atoms with Crippen LogP contribution < -0.4 is 34.0 Å². The zero-order valence-electron chi connectivity index (χ0n) is 23.0. The lowest BCUT2D eigenvalue weighted by Crippen LogP contribution is -2.24. The SMILES string of the molecule is COc1ccc(CCn2c(Cc3ccc(OC)c(OC)c3)c3cc(OC)c(OC)cc3cc2=O)cc1OC.Cl. The van der Waals surface area contributed by atoms with Crippen LogP contribution in [0.3, 0.4) is 0 Å². The summed E-state index contributed by atoms with van der Waals surface area (Å²) in [7, 11) is 9.61. The normalized spacial score (nSPS) is 10.5. The Morgan fingerprint density at radius 2 is 1.08 bits per heavy atom. The number of nitrogens with zero attached hydrogens (tertiary/aromatic N) is 1. The third-order valence-corrected chi connectivity index (χ3v) is 6.63. The van der Waals surface area contributed by atoms with E-state index in [9.17, 15) is 4.79 Å². The first-order valence-electron chi connectivity index (χ1n) is 12.2. The van der Waals surface area contributed by atoms with Crippen molar-refractivity contribution in [3.8, 4) is 34.5 Å². The van der Waals surface area contributed by atoms with Crippen LogP contribution in [-0.4, -0.2) is 47.2 Å². The van der Waals surface area contributed by atoms with Crippen molar-refractivity contribution in [1.82, 2.24) is 4.57 Å². The lowest BCUT2D eigenvalue weighted by Gasteiger charge is -2.19. The number of fused-ring (bicyclic) bond motifs is 1. The van der Waals surface area contributed by atoms with Gasteiger partial charge in [-0.25, -0.2) is 0 Å². The highest BCUT2D eigenvalue weighted by Gasteiger charge is 2.17. The second-order valence-corrected chi connectivity index (χ2v) is 8.68. The molecule has 1 heterocycles. The number of ether oxygens (including phenoxy) is 6. The molecule has 0 N–H and O–H groups in total. The third-order valence-electron chi connectivity index (χ3n) is 6.63. The Labute approximate surface area is 234 Å². The average Bonchev–Trinajstić information content (AvgIpc) is 2.95. The Hall–Kier alpha value is -4.04. The van der Waals surface area contributed by atoms with E-state index in [-0.39, 0.29) is 18.0 Å². The monoisotopic (exact) mass is 555 g/mol. The second kappa shape index (κ2) is 13.2. The van der Waals surface area contributed by atoms with Crippen molar-refractivity contribution >= 4 is 23.2 Å². The van der Waals surface area contributed by atoms with E-state index in [0.717, 1.165) is 27.6 Å². The van der Waals surface area contributed by atoms with Crippen LogP contribution in [0.5, 0.6) is 34.5 Å². The van der Waals surface area contributed by atoms with Crippen molar-refractivity contribution in [3.63, 3.8) is 0 Å². The van der Waals surface area contributed by atoms with Gasteiger partial charge in [0, 0.05) is 30.1 Å². The van der Waals surface area contributed by atoms with E-state index in [1.807, 2.05) is 53.1 Å². The Balaban J connectivity index is 0.00000420. The maximum Gasteiger partial charge on any atom is 0.251 e. The van der Waals surface area contributed by atoms with Gasteiger partial charge in [0.05, 0.1) is 42.7 Å². The third kappa shape index (κ3) is 6.17. The summed E-state index contributed by atoms with van der Waals surface area (Å²) in [6.45, 7) is 0.473. The summed E-state index contributed by atoms with van der Waals surface area (Å²) in [5, 5.41) is 1.69. The van der Waals surface area contributed by atoms with E-state index < -0.39 is 0 Å². The number of methoxy groups -OCH3 is 6. The molecule has 9 heteroatoms. The first-order chi connectivity index (χ1) is 18.5. The molecular weight excluding hydrogens is 522 g/mol. The van der Waals surface area contributed by atoms with E-state index in [4.69, 9.17) is 28.4 Å². The number of benzene rings is 3. The van der Waals surface area contributed by atoms with Crippen LogP contribution in [0.25, 0.3) is 10.8 Å². The van der Waals surface area contributed by atoms with Gasteiger partial charge in [0.25, 0.3) is 5.56 Å². The Morgan fingerprint density at radius 1 is 0.590 bits per heavy atom. The predicted octanol–water partition coefficient (Wildman–Crippen LogP) is 5.31. The lowest BCUT2D eigenvalue weighted by molar-refractivity contribution is 0.354. The van der Waals surface area contributed by atoms with Crippen LogP contribution in [0.15, 0.2) is 59.4 Å². The number of halogens is 1. The maximum atomic E-state index is 13.5. The number of pyridine rings is 1. The fraction of sp³-hybridized carbons (Fsp3) is 0.300. The summed E-state index contributed by atoms with van der Waals surface area (Å²) in [6.07, 6.45) is 1.12. The summed E-state index contributed by atoms with van der Waals surface area (Å²) < 4.78 is 34.6. The van der Waals surface area contributed by atoms with Crippen molar-refractivity contribution in [2.24, 2.45) is 0 Å². The highest BCUT2D eigenvalue weighted by atomic mass is 35.5. The van der Waals surface area contributed by atoms with Crippen LogP contribution >= 0.6 is 12.4 Å². The zero-order valence-corrected chi connectivity index (χ0v) is 23.8. The van der Waals surface area contributed by atoms with E-state index in [1.165, 1.54) is 0 Å². The molecular formula is C30H34ClNO7. The minimum atomic E-state index is -0.0966. The van der Waals surface area contributed by atoms with Gasteiger partial charge in [-0.15, -0.1) is 12.4 Å². The van der Waals surface area contributed by atoms with E-state index in [1.54, 1.807) is 48.7 Å². The highest BCUT2D eigenvalue weighted by molar-refractivity contribution is 5.88. The molecule has 0 unspecified atom stereocenters. The van der Waals surface area contributed by atoms with Gasteiger partial charge in [0.15, 0.2) is 34.5 Å². The molecule has 0 aliphatic rings. The number of hydrogen-bond acceptors (Lipinski definition) is 7. The minimum absolute atomic E-state index is 0. The molecule has 39 heavy (non-hydrogen) atoms. The highest BCUT2D eigenvalue weighted by Crippen LogP contribution is 2.35. The summed E-state index contributed by atoms with van der Waals surface area (Å²) >= 11 is 0. The molecule has 0 radical (unpaired) electrons. The molecule has 1 aromatic heterocycles. The predicted molar refractivity (Wildman–Crippen MR) is 154 cm³/mol. The summed E-state index contributed by atoms with van der Waals surface area (Å²) in [5.41, 5.74) is 2.77. The first-order valence-corrected chi connectivity index (χ1v) is 12.2. The van der Waals surface area contributed by atoms with Crippen molar-refractivity contribution in [3.05, 3.63) is 81.8 Å². The smallest absolute Gasteiger partial charge is 0.251 e. The Kier molecular flexibility index (Phi) is 9.95. The van der Waals surface area contributed by atoms with E-state index >= 15 is 0 Å². The molecule has 0 saturated heterocycles. The summed E-state index contributed by atoms with van der Waals surface area (Å²) in [6, 6.07) is 17.0. The number of aromatic nitrogens is 1. The van der Waals surface area contributed by atoms with Gasteiger partial charge >= 0.3 is 0 Å². The lowest BCUT2D eigenvalue weighted by atomic mass is 10.0. The molecule has 0 amide bonds. The fourth-order valence-electron chi connectivity index (χ4n) is 4.65. The largest absolute Gasteiger partial charge is 0.493 e. The molecule has 208 valence electrons. The van der Waals surface area contributed by atoms with Crippen molar-refractivity contribution < 1.29 is 28.4 Å². The average molecular weight is 556 g/mol. The standard InChI is InChI=1S/C30H33NO7.ClH/c1-33-24-9-7-19(14-26(24)35-3)11-12-31-23(13-20-8-10-25(34-2)27(15-20)36-4)22-18-29(38-6)28(37-5)16-21(22)17-30(31)32;/h7-10,14-18H,11-13H2,1-6H3;1H. The molecule has 0 saturated carbocycles. The number of hydrogen-bond donors (Lipinski definition) is 0. The van der Waals surface area contributed by atoms with Gasteiger partial charge in [-0.1, -0.05) is 12.1 Å². The zero-order chi connectivity index (χ0) is 27.2.